The van der Waals surface area contributed by atoms with E-state index >= 15 is 0 Å². The van der Waals surface area contributed by atoms with Gasteiger partial charge >= 0.3 is 0 Å². The van der Waals surface area contributed by atoms with Gasteiger partial charge in [-0.1, -0.05) is 0 Å². The minimum absolute atomic E-state index is 0.603. The van der Waals surface area contributed by atoms with Crippen LogP contribution in [0.15, 0.2) is 0 Å². The van der Waals surface area contributed by atoms with Crippen molar-refractivity contribution in [3.05, 3.63) is 0 Å². The fraction of sp³-hybridized carbons (Fsp3) is 1.00. The van der Waals surface area contributed by atoms with Gasteiger partial charge in [-0.2, -0.15) is 0 Å². The molecule has 3 aliphatic rings. The summed E-state index contributed by atoms with van der Waals surface area (Å²) in [7, 11) is 0. The quantitative estimate of drug-likeness (QED) is 0.755. The van der Waals surface area contributed by atoms with Crippen molar-refractivity contribution < 1.29 is 5.32 Å². The van der Waals surface area contributed by atoms with E-state index in [-0.39, 0.29) is 0 Å². The fourth-order valence-corrected chi connectivity index (χ4v) is 3.51. The highest BCUT2D eigenvalue weighted by atomic mass is 15.3. The van der Waals surface area contributed by atoms with Crippen LogP contribution in [0.4, 0.5) is 0 Å². The predicted molar refractivity (Wildman–Crippen MR) is 70.0 cm³/mol. The molecule has 2 aliphatic heterocycles. The molecule has 1 aliphatic carbocycles. The Morgan fingerprint density at radius 2 is 1.71 bits per heavy atom. The summed E-state index contributed by atoms with van der Waals surface area (Å²) in [6.45, 7) is 11.8. The fourth-order valence-electron chi connectivity index (χ4n) is 3.51. The highest BCUT2D eigenvalue weighted by Gasteiger charge is 2.43. The van der Waals surface area contributed by atoms with Crippen LogP contribution in [0.25, 0.3) is 0 Å². The molecule has 0 aromatic heterocycles. The molecular weight excluding hydrogens is 210 g/mol. The molecule has 3 rings (SSSR count). The second-order valence-corrected chi connectivity index (χ2v) is 6.59. The molecule has 0 unspecified atom stereocenters. The van der Waals surface area contributed by atoms with Crippen molar-refractivity contribution in [1.29, 1.82) is 0 Å². The lowest BCUT2D eigenvalue weighted by Gasteiger charge is -2.39. The molecule has 0 aromatic rings. The van der Waals surface area contributed by atoms with Crippen molar-refractivity contribution in [2.24, 2.45) is 5.92 Å². The van der Waals surface area contributed by atoms with E-state index in [1.54, 1.807) is 0 Å². The minimum atomic E-state index is 0.603. The Morgan fingerprint density at radius 1 is 1.06 bits per heavy atom. The van der Waals surface area contributed by atoms with E-state index in [0.29, 0.717) is 5.54 Å². The van der Waals surface area contributed by atoms with Crippen molar-refractivity contribution >= 4 is 0 Å². The number of hydrogen-bond acceptors (Lipinski definition) is 2. The van der Waals surface area contributed by atoms with Crippen LogP contribution in [-0.4, -0.2) is 61.2 Å². The van der Waals surface area contributed by atoms with E-state index in [4.69, 9.17) is 0 Å². The molecule has 3 nitrogen and oxygen atoms in total. The van der Waals surface area contributed by atoms with Crippen molar-refractivity contribution in [1.82, 2.24) is 9.80 Å². The number of hydrogen-bond donors (Lipinski definition) is 1. The average molecular weight is 238 g/mol. The molecule has 0 bridgehead atoms. The van der Waals surface area contributed by atoms with Crippen LogP contribution in [0, 0.1) is 5.92 Å². The lowest BCUT2D eigenvalue weighted by molar-refractivity contribution is -0.664. The maximum absolute atomic E-state index is 2.73. The zero-order valence-corrected chi connectivity index (χ0v) is 11.3. The maximum atomic E-state index is 2.73. The van der Waals surface area contributed by atoms with E-state index in [1.165, 1.54) is 71.5 Å². The number of rotatable bonds is 3. The van der Waals surface area contributed by atoms with Crippen LogP contribution in [0.5, 0.6) is 0 Å². The zero-order chi connectivity index (χ0) is 11.7. The van der Waals surface area contributed by atoms with E-state index in [1.807, 2.05) is 0 Å². The highest BCUT2D eigenvalue weighted by molar-refractivity contribution is 5.01. The molecular formula is C14H28N3+. The average Bonchev–Trinajstić information content (AvgIpc) is 3.11. The molecule has 0 radical (unpaired) electrons. The third-order valence-electron chi connectivity index (χ3n) is 5.18. The molecule has 2 heterocycles. The molecule has 98 valence electrons. The first kappa shape index (κ1) is 11.9. The number of quaternary nitrogens is 1. The van der Waals surface area contributed by atoms with Gasteiger partial charge in [-0.3, -0.25) is 4.90 Å². The molecule has 0 spiro atoms. The van der Waals surface area contributed by atoms with Gasteiger partial charge in [-0.15, -0.1) is 0 Å². The molecule has 17 heavy (non-hydrogen) atoms. The molecule has 0 amide bonds. The molecule has 2 N–H and O–H groups in total. The van der Waals surface area contributed by atoms with Crippen LogP contribution in [-0.2, 0) is 0 Å². The van der Waals surface area contributed by atoms with Crippen LogP contribution < -0.4 is 5.32 Å². The Hall–Kier alpha value is -0.120. The van der Waals surface area contributed by atoms with Gasteiger partial charge in [0, 0.05) is 51.1 Å². The van der Waals surface area contributed by atoms with E-state index < -0.39 is 0 Å². The Balaban J connectivity index is 1.41. The second-order valence-electron chi connectivity index (χ2n) is 6.59. The topological polar surface area (TPSA) is 23.1 Å². The summed E-state index contributed by atoms with van der Waals surface area (Å²) in [6, 6.07) is 0. The standard InChI is InChI=1S/C14H27N3/c1-14(4-5-14)17-10-8-16(9-11-17)12-13-2-6-15-7-3-13/h13,15H,2-12H2,1H3/p+1. The Morgan fingerprint density at radius 3 is 2.29 bits per heavy atom. The van der Waals surface area contributed by atoms with Crippen molar-refractivity contribution in [3.8, 4) is 0 Å². The zero-order valence-electron chi connectivity index (χ0n) is 11.3. The Bertz CT molecular complexity index is 248. The first-order valence-corrected chi connectivity index (χ1v) is 7.55. The third-order valence-corrected chi connectivity index (χ3v) is 5.18. The number of nitrogens with two attached hydrogens (primary N) is 1. The minimum Gasteiger partial charge on any atom is -0.346 e. The van der Waals surface area contributed by atoms with Gasteiger partial charge in [0.05, 0.1) is 13.1 Å². The SMILES string of the molecule is CC1(N2CCN(CC3CC[NH2+]CC3)CC2)CC1. The molecule has 0 aromatic carbocycles. The predicted octanol–water partition coefficient (Wildman–Crippen LogP) is 0.130. The largest absolute Gasteiger partial charge is 0.346 e. The van der Waals surface area contributed by atoms with Crippen LogP contribution in [0.3, 0.4) is 0 Å². The summed E-state index contributed by atoms with van der Waals surface area (Å²) in [5, 5.41) is 2.47. The maximum Gasteiger partial charge on any atom is 0.0758 e. The molecule has 3 fully saturated rings. The Kier molecular flexibility index (Phi) is 3.42. The van der Waals surface area contributed by atoms with Gasteiger partial charge in [0.25, 0.3) is 0 Å². The molecule has 2 saturated heterocycles. The number of piperazine rings is 1. The second kappa shape index (κ2) is 4.87. The summed E-state index contributed by atoms with van der Waals surface area (Å²) < 4.78 is 0. The summed E-state index contributed by atoms with van der Waals surface area (Å²) in [5.41, 5.74) is 0.603. The van der Waals surface area contributed by atoms with E-state index in [9.17, 15) is 0 Å². The summed E-state index contributed by atoms with van der Waals surface area (Å²) in [4.78, 5) is 5.45. The number of nitrogens with zero attached hydrogens (tertiary/aromatic N) is 2. The molecule has 3 heteroatoms. The van der Waals surface area contributed by atoms with Crippen LogP contribution >= 0.6 is 0 Å². The van der Waals surface area contributed by atoms with Gasteiger partial charge in [-0.25, -0.2) is 0 Å². The van der Waals surface area contributed by atoms with Gasteiger partial charge in [0.15, 0.2) is 0 Å². The van der Waals surface area contributed by atoms with E-state index in [2.05, 4.69) is 22.0 Å². The Labute approximate surface area is 106 Å². The lowest BCUT2D eigenvalue weighted by atomic mass is 9.97. The number of piperidine rings is 1. The lowest BCUT2D eigenvalue weighted by Crippen LogP contribution is -2.86. The summed E-state index contributed by atoms with van der Waals surface area (Å²) in [5.74, 6) is 0.989. The first-order valence-electron chi connectivity index (χ1n) is 7.55. The first-order chi connectivity index (χ1) is 8.26. The van der Waals surface area contributed by atoms with Gasteiger partial charge in [0.1, 0.15) is 0 Å². The van der Waals surface area contributed by atoms with E-state index in [0.717, 1.165) is 5.92 Å². The van der Waals surface area contributed by atoms with Gasteiger partial charge < -0.3 is 10.2 Å². The van der Waals surface area contributed by atoms with Crippen LogP contribution in [0.1, 0.15) is 32.6 Å². The van der Waals surface area contributed by atoms with Crippen LogP contribution in [0.2, 0.25) is 0 Å². The third kappa shape index (κ3) is 2.83. The smallest absolute Gasteiger partial charge is 0.0758 e. The monoisotopic (exact) mass is 238 g/mol. The van der Waals surface area contributed by atoms with Crippen molar-refractivity contribution in [2.45, 2.75) is 38.1 Å². The molecule has 0 atom stereocenters. The van der Waals surface area contributed by atoms with Gasteiger partial charge in [0.2, 0.25) is 0 Å². The highest BCUT2D eigenvalue weighted by Crippen LogP contribution is 2.41. The van der Waals surface area contributed by atoms with Crippen molar-refractivity contribution in [3.63, 3.8) is 0 Å². The summed E-state index contributed by atoms with van der Waals surface area (Å²) in [6.07, 6.45) is 5.76. The van der Waals surface area contributed by atoms with Crippen molar-refractivity contribution in [2.75, 3.05) is 45.8 Å². The van der Waals surface area contributed by atoms with Gasteiger partial charge in [-0.05, 0) is 25.7 Å². The summed E-state index contributed by atoms with van der Waals surface area (Å²) >= 11 is 0. The normalized spacial score (nSPS) is 31.6. The molecule has 1 saturated carbocycles.